The van der Waals surface area contributed by atoms with Crippen molar-refractivity contribution in [1.29, 1.82) is 0 Å². The minimum atomic E-state index is -0.999. The highest BCUT2D eigenvalue weighted by molar-refractivity contribution is 7.10. The van der Waals surface area contributed by atoms with Crippen LogP contribution in [0.4, 0.5) is 4.39 Å². The number of nitrogens with zero attached hydrogens (tertiary/aromatic N) is 2. The number of hydrogen-bond donors (Lipinski definition) is 3. The Morgan fingerprint density at radius 2 is 2.22 bits per heavy atom. The monoisotopic (exact) mass is 336 g/mol. The van der Waals surface area contributed by atoms with Crippen LogP contribution in [0.25, 0.3) is 0 Å². The molecule has 0 aliphatic carbocycles. The van der Waals surface area contributed by atoms with Gasteiger partial charge in [-0.15, -0.1) is 11.3 Å². The summed E-state index contributed by atoms with van der Waals surface area (Å²) >= 11 is 1.50. The van der Waals surface area contributed by atoms with Crippen LogP contribution in [0.3, 0.4) is 0 Å². The smallest absolute Gasteiger partial charge is 0.191 e. The highest BCUT2D eigenvalue weighted by Gasteiger charge is 2.24. The first kappa shape index (κ1) is 17.4. The second-order valence-corrected chi connectivity index (χ2v) is 6.18. The molecular weight excluding hydrogens is 315 g/mol. The fourth-order valence-electron chi connectivity index (χ4n) is 1.96. The number of pyridine rings is 1. The molecule has 7 heteroatoms. The Morgan fingerprint density at radius 1 is 1.39 bits per heavy atom. The molecule has 2 aromatic heterocycles. The van der Waals surface area contributed by atoms with E-state index in [1.807, 2.05) is 24.4 Å². The predicted molar refractivity (Wildman–Crippen MR) is 90.9 cm³/mol. The lowest BCUT2D eigenvalue weighted by Gasteiger charge is -2.23. The third kappa shape index (κ3) is 5.01. The molecule has 0 aliphatic heterocycles. The molecule has 0 saturated heterocycles. The van der Waals surface area contributed by atoms with E-state index in [2.05, 4.69) is 20.6 Å². The van der Waals surface area contributed by atoms with Crippen LogP contribution in [0.5, 0.6) is 0 Å². The molecule has 0 aromatic carbocycles. The molecule has 2 aromatic rings. The summed E-state index contributed by atoms with van der Waals surface area (Å²) in [5.41, 5.74) is -0.713. The van der Waals surface area contributed by atoms with Crippen LogP contribution in [0, 0.1) is 5.82 Å². The van der Waals surface area contributed by atoms with Crippen LogP contribution in [-0.2, 0) is 12.1 Å². The van der Waals surface area contributed by atoms with Gasteiger partial charge in [-0.25, -0.2) is 9.38 Å². The van der Waals surface area contributed by atoms with Crippen LogP contribution < -0.4 is 10.6 Å². The summed E-state index contributed by atoms with van der Waals surface area (Å²) in [5.74, 6) is 0.132. The van der Waals surface area contributed by atoms with Crippen molar-refractivity contribution in [2.75, 3.05) is 13.1 Å². The molecule has 1 unspecified atom stereocenters. The van der Waals surface area contributed by atoms with Gasteiger partial charge in [0.2, 0.25) is 0 Å². The number of halogens is 1. The van der Waals surface area contributed by atoms with E-state index in [0.29, 0.717) is 19.0 Å². The summed E-state index contributed by atoms with van der Waals surface area (Å²) in [6.45, 7) is 4.77. The fraction of sp³-hybridized carbons (Fsp3) is 0.375. The van der Waals surface area contributed by atoms with Gasteiger partial charge in [0, 0.05) is 17.6 Å². The number of thiophene rings is 1. The Kier molecular flexibility index (Phi) is 6.06. The van der Waals surface area contributed by atoms with E-state index in [0.717, 1.165) is 4.88 Å². The third-order valence-electron chi connectivity index (χ3n) is 3.22. The van der Waals surface area contributed by atoms with Gasteiger partial charge < -0.3 is 15.7 Å². The van der Waals surface area contributed by atoms with Gasteiger partial charge in [-0.3, -0.25) is 4.98 Å². The van der Waals surface area contributed by atoms with E-state index < -0.39 is 5.60 Å². The number of aliphatic hydroxyl groups is 1. The van der Waals surface area contributed by atoms with Gasteiger partial charge in [0.1, 0.15) is 11.4 Å². The van der Waals surface area contributed by atoms with E-state index in [9.17, 15) is 9.50 Å². The second-order valence-electron chi connectivity index (χ2n) is 5.23. The molecule has 23 heavy (non-hydrogen) atoms. The molecule has 0 fully saturated rings. The van der Waals surface area contributed by atoms with Crippen molar-refractivity contribution in [3.05, 3.63) is 52.2 Å². The first-order valence-corrected chi connectivity index (χ1v) is 8.29. The molecule has 124 valence electrons. The molecule has 0 bridgehead atoms. The molecule has 1 atom stereocenters. The van der Waals surface area contributed by atoms with Crippen molar-refractivity contribution in [1.82, 2.24) is 15.6 Å². The van der Waals surface area contributed by atoms with Crippen LogP contribution >= 0.6 is 11.3 Å². The normalized spacial score (nSPS) is 14.3. The SMILES string of the molecule is CCNC(=NCc1ncccc1F)NCC(C)(O)c1cccs1. The molecule has 0 radical (unpaired) electrons. The molecular formula is C16H21FN4OS. The number of hydrogen-bond acceptors (Lipinski definition) is 4. The van der Waals surface area contributed by atoms with Crippen LogP contribution in [0.2, 0.25) is 0 Å². The molecule has 0 aliphatic rings. The zero-order chi connectivity index (χ0) is 16.7. The van der Waals surface area contributed by atoms with Crippen LogP contribution in [0.1, 0.15) is 24.4 Å². The molecule has 5 nitrogen and oxygen atoms in total. The van der Waals surface area contributed by atoms with Crippen molar-refractivity contribution in [2.45, 2.75) is 26.0 Å². The number of aliphatic imine (C=N–C) groups is 1. The molecule has 2 heterocycles. The Balaban J connectivity index is 2.01. The van der Waals surface area contributed by atoms with Crippen molar-refractivity contribution >= 4 is 17.3 Å². The first-order chi connectivity index (χ1) is 11.0. The molecule has 0 spiro atoms. The van der Waals surface area contributed by atoms with Crippen molar-refractivity contribution < 1.29 is 9.50 Å². The molecule has 0 amide bonds. The lowest BCUT2D eigenvalue weighted by atomic mass is 10.1. The fourth-order valence-corrected chi connectivity index (χ4v) is 2.75. The largest absolute Gasteiger partial charge is 0.383 e. The van der Waals surface area contributed by atoms with E-state index in [1.165, 1.54) is 23.6 Å². The van der Waals surface area contributed by atoms with Gasteiger partial charge in [0.25, 0.3) is 0 Å². The topological polar surface area (TPSA) is 69.5 Å². The Morgan fingerprint density at radius 3 is 2.87 bits per heavy atom. The number of rotatable bonds is 6. The average molecular weight is 336 g/mol. The highest BCUT2D eigenvalue weighted by atomic mass is 32.1. The van der Waals surface area contributed by atoms with E-state index in [4.69, 9.17) is 0 Å². The summed E-state index contributed by atoms with van der Waals surface area (Å²) in [6.07, 6.45) is 1.54. The summed E-state index contributed by atoms with van der Waals surface area (Å²) < 4.78 is 13.6. The zero-order valence-corrected chi connectivity index (χ0v) is 14.0. The van der Waals surface area contributed by atoms with Crippen molar-refractivity contribution in [2.24, 2.45) is 4.99 Å². The Bertz CT molecular complexity index is 643. The lowest BCUT2D eigenvalue weighted by molar-refractivity contribution is 0.0655. The van der Waals surface area contributed by atoms with Crippen molar-refractivity contribution in [3.63, 3.8) is 0 Å². The number of guanidine groups is 1. The summed E-state index contributed by atoms with van der Waals surface area (Å²) in [4.78, 5) is 9.16. The minimum Gasteiger partial charge on any atom is -0.383 e. The van der Waals surface area contributed by atoms with Gasteiger partial charge >= 0.3 is 0 Å². The maximum absolute atomic E-state index is 13.6. The standard InChI is InChI=1S/C16H21FN4OS/c1-3-18-15(20-10-13-12(17)6-4-8-19-13)21-11-16(2,22)14-7-5-9-23-14/h4-9,22H,3,10-11H2,1-2H3,(H2,18,20,21). The number of nitrogens with one attached hydrogen (secondary N) is 2. The lowest BCUT2D eigenvalue weighted by Crippen LogP contribution is -2.44. The van der Waals surface area contributed by atoms with Gasteiger partial charge in [-0.2, -0.15) is 0 Å². The van der Waals surface area contributed by atoms with Crippen LogP contribution in [-0.4, -0.2) is 29.1 Å². The molecule has 0 saturated carbocycles. The van der Waals surface area contributed by atoms with Gasteiger partial charge in [0.05, 0.1) is 18.8 Å². The summed E-state index contributed by atoms with van der Waals surface area (Å²) in [7, 11) is 0. The van der Waals surface area contributed by atoms with E-state index in [-0.39, 0.29) is 18.1 Å². The molecule has 2 rings (SSSR count). The first-order valence-electron chi connectivity index (χ1n) is 7.41. The second kappa shape index (κ2) is 8.03. The third-order valence-corrected chi connectivity index (χ3v) is 4.34. The van der Waals surface area contributed by atoms with Crippen LogP contribution in [0.15, 0.2) is 40.8 Å². The molecule has 3 N–H and O–H groups in total. The van der Waals surface area contributed by atoms with Crippen molar-refractivity contribution in [3.8, 4) is 0 Å². The maximum atomic E-state index is 13.6. The highest BCUT2D eigenvalue weighted by Crippen LogP contribution is 2.24. The maximum Gasteiger partial charge on any atom is 0.191 e. The predicted octanol–water partition coefficient (Wildman–Crippen LogP) is 2.25. The van der Waals surface area contributed by atoms with Gasteiger partial charge in [-0.1, -0.05) is 6.07 Å². The number of aromatic nitrogens is 1. The Hall–Kier alpha value is -1.99. The average Bonchev–Trinajstić information content (AvgIpc) is 3.07. The van der Waals surface area contributed by atoms with Gasteiger partial charge in [-0.05, 0) is 37.4 Å². The zero-order valence-electron chi connectivity index (χ0n) is 13.2. The minimum absolute atomic E-state index is 0.128. The quantitative estimate of drug-likeness (QED) is 0.559. The summed E-state index contributed by atoms with van der Waals surface area (Å²) in [6, 6.07) is 6.70. The van der Waals surface area contributed by atoms with E-state index >= 15 is 0 Å². The van der Waals surface area contributed by atoms with Gasteiger partial charge in [0.15, 0.2) is 5.96 Å². The summed E-state index contributed by atoms with van der Waals surface area (Å²) in [5, 5.41) is 18.6. The Labute approximate surface area is 139 Å². The van der Waals surface area contributed by atoms with E-state index in [1.54, 1.807) is 13.0 Å².